The maximum atomic E-state index is 12.7. The van der Waals surface area contributed by atoms with Crippen molar-refractivity contribution in [1.29, 1.82) is 0 Å². The average Bonchev–Trinajstić information content (AvgIpc) is 3.07. The maximum Gasteiger partial charge on any atom is 0.220 e. The van der Waals surface area contributed by atoms with Crippen molar-refractivity contribution in [3.63, 3.8) is 0 Å². The van der Waals surface area contributed by atoms with Crippen LogP contribution in [0.2, 0.25) is 5.02 Å². The van der Waals surface area contributed by atoms with Crippen LogP contribution in [0, 0.1) is 0 Å². The topological polar surface area (TPSA) is 43.3 Å². The number of carbonyl (C=O) groups is 1. The number of nitrogens with zero attached hydrogens (tertiary/aromatic N) is 1. The first-order valence-electron chi connectivity index (χ1n) is 9.21. The van der Waals surface area contributed by atoms with E-state index < -0.39 is 0 Å². The van der Waals surface area contributed by atoms with Crippen molar-refractivity contribution in [2.75, 3.05) is 6.61 Å². The molecule has 1 aromatic heterocycles. The first-order chi connectivity index (χ1) is 12.4. The first-order valence-corrected chi connectivity index (χ1v) is 9.59. The monoisotopic (exact) mass is 374 g/mol. The highest BCUT2D eigenvalue weighted by atomic mass is 35.5. The molecule has 1 saturated heterocycles. The quantitative estimate of drug-likeness (QED) is 0.814. The Bertz CT molecular complexity index is 710. The molecule has 1 aliphatic rings. The Labute approximate surface area is 160 Å². The zero-order chi connectivity index (χ0) is 18.6. The van der Waals surface area contributed by atoms with E-state index >= 15 is 0 Å². The van der Waals surface area contributed by atoms with Crippen LogP contribution in [0.3, 0.4) is 0 Å². The van der Waals surface area contributed by atoms with E-state index in [9.17, 15) is 4.79 Å². The van der Waals surface area contributed by atoms with Crippen molar-refractivity contribution in [1.82, 2.24) is 9.88 Å². The molecule has 2 aromatic rings. The van der Waals surface area contributed by atoms with E-state index in [1.165, 1.54) is 0 Å². The van der Waals surface area contributed by atoms with Gasteiger partial charge in [0.25, 0.3) is 0 Å². The molecular formula is C21H27ClN2O2. The number of hydrogen-bond acceptors (Lipinski definition) is 2. The standard InChI is InChI=1S/C21H27ClN2O2/c1-21(2)14-19(9-12-26-21)23-20(25)13-17(15-24-10-3-4-11-24)16-5-7-18(22)8-6-16/h3-8,10-11,17,19H,9,12-15H2,1-2H3,(H,23,25)/t17-,19-/m0/s1. The van der Waals surface area contributed by atoms with Gasteiger partial charge in [0.2, 0.25) is 5.91 Å². The molecule has 0 unspecified atom stereocenters. The van der Waals surface area contributed by atoms with Crippen LogP contribution in [0.25, 0.3) is 0 Å². The normalized spacial score (nSPS) is 20.5. The summed E-state index contributed by atoms with van der Waals surface area (Å²) in [5, 5.41) is 3.92. The molecule has 140 valence electrons. The number of benzene rings is 1. The predicted octanol–water partition coefficient (Wildman–Crippen LogP) is 4.39. The molecule has 0 saturated carbocycles. The van der Waals surface area contributed by atoms with Crippen molar-refractivity contribution >= 4 is 17.5 Å². The smallest absolute Gasteiger partial charge is 0.220 e. The second-order valence-corrected chi connectivity index (χ2v) is 8.13. The van der Waals surface area contributed by atoms with Gasteiger partial charge in [0.15, 0.2) is 0 Å². The summed E-state index contributed by atoms with van der Waals surface area (Å²) < 4.78 is 7.86. The Kier molecular flexibility index (Phi) is 6.05. The minimum atomic E-state index is -0.170. The van der Waals surface area contributed by atoms with Crippen LogP contribution in [0.4, 0.5) is 0 Å². The minimum Gasteiger partial charge on any atom is -0.375 e. The molecule has 1 amide bonds. The van der Waals surface area contributed by atoms with Crippen LogP contribution in [-0.2, 0) is 16.1 Å². The lowest BCUT2D eigenvalue weighted by Gasteiger charge is -2.36. The zero-order valence-electron chi connectivity index (χ0n) is 15.5. The Morgan fingerprint density at radius 3 is 2.65 bits per heavy atom. The number of aromatic nitrogens is 1. The lowest BCUT2D eigenvalue weighted by molar-refractivity contribution is -0.124. The largest absolute Gasteiger partial charge is 0.375 e. The molecule has 4 nitrogen and oxygen atoms in total. The molecule has 1 fully saturated rings. The van der Waals surface area contributed by atoms with Gasteiger partial charge in [-0.3, -0.25) is 4.79 Å². The average molecular weight is 375 g/mol. The second-order valence-electron chi connectivity index (χ2n) is 7.70. The third-order valence-corrected chi connectivity index (χ3v) is 5.18. The van der Waals surface area contributed by atoms with Crippen LogP contribution >= 0.6 is 11.6 Å². The number of halogens is 1. The Morgan fingerprint density at radius 1 is 1.31 bits per heavy atom. The molecule has 1 aromatic carbocycles. The number of amides is 1. The van der Waals surface area contributed by atoms with Crippen LogP contribution in [0.1, 0.15) is 44.6 Å². The SMILES string of the molecule is CC1(C)C[C@@H](NC(=O)C[C@@H](Cn2cccc2)c2ccc(Cl)cc2)CCO1. The number of rotatable bonds is 6. The van der Waals surface area contributed by atoms with Gasteiger partial charge in [-0.1, -0.05) is 23.7 Å². The highest BCUT2D eigenvalue weighted by molar-refractivity contribution is 6.30. The summed E-state index contributed by atoms with van der Waals surface area (Å²) in [7, 11) is 0. The molecule has 0 bridgehead atoms. The lowest BCUT2D eigenvalue weighted by Crippen LogP contribution is -2.46. The third-order valence-electron chi connectivity index (χ3n) is 4.93. The Balaban J connectivity index is 1.66. The third kappa shape index (κ3) is 5.36. The zero-order valence-corrected chi connectivity index (χ0v) is 16.2. The molecule has 26 heavy (non-hydrogen) atoms. The van der Waals surface area contributed by atoms with Crippen molar-refractivity contribution in [2.45, 2.75) is 57.2 Å². The van der Waals surface area contributed by atoms with E-state index in [1.807, 2.05) is 48.8 Å². The van der Waals surface area contributed by atoms with E-state index in [2.05, 4.69) is 23.7 Å². The molecule has 0 radical (unpaired) electrons. The van der Waals surface area contributed by atoms with Crippen molar-refractivity contribution in [3.05, 3.63) is 59.4 Å². The van der Waals surface area contributed by atoms with Gasteiger partial charge in [-0.05, 0) is 56.5 Å². The van der Waals surface area contributed by atoms with Gasteiger partial charge in [-0.2, -0.15) is 0 Å². The predicted molar refractivity (Wildman–Crippen MR) is 104 cm³/mol. The summed E-state index contributed by atoms with van der Waals surface area (Å²) in [6.07, 6.45) is 6.24. The summed E-state index contributed by atoms with van der Waals surface area (Å²) in [4.78, 5) is 12.7. The van der Waals surface area contributed by atoms with Gasteiger partial charge in [-0.15, -0.1) is 0 Å². The van der Waals surface area contributed by atoms with E-state index in [1.54, 1.807) is 0 Å². The second kappa shape index (κ2) is 8.28. The molecule has 0 aliphatic carbocycles. The van der Waals surface area contributed by atoms with Gasteiger partial charge in [0, 0.05) is 48.9 Å². The molecular weight excluding hydrogens is 348 g/mol. The Hall–Kier alpha value is -1.78. The van der Waals surface area contributed by atoms with Crippen molar-refractivity contribution in [2.24, 2.45) is 0 Å². The highest BCUT2D eigenvalue weighted by Gasteiger charge is 2.30. The van der Waals surface area contributed by atoms with Gasteiger partial charge in [-0.25, -0.2) is 0 Å². The molecule has 5 heteroatoms. The molecule has 1 N–H and O–H groups in total. The van der Waals surface area contributed by atoms with Crippen LogP contribution in [-0.4, -0.2) is 28.7 Å². The lowest BCUT2D eigenvalue weighted by atomic mass is 9.92. The van der Waals surface area contributed by atoms with Crippen molar-refractivity contribution < 1.29 is 9.53 Å². The molecule has 2 atom stereocenters. The summed E-state index contributed by atoms with van der Waals surface area (Å²) in [5.41, 5.74) is 0.960. The van der Waals surface area contributed by atoms with Crippen molar-refractivity contribution in [3.8, 4) is 0 Å². The molecule has 3 rings (SSSR count). The summed E-state index contributed by atoms with van der Waals surface area (Å²) in [6, 6.07) is 12.0. The number of carbonyl (C=O) groups excluding carboxylic acids is 1. The fourth-order valence-corrected chi connectivity index (χ4v) is 3.76. The van der Waals surface area contributed by atoms with E-state index in [0.29, 0.717) is 18.1 Å². The fraction of sp³-hybridized carbons (Fsp3) is 0.476. The fourth-order valence-electron chi connectivity index (χ4n) is 3.63. The van der Waals surface area contributed by atoms with E-state index in [0.717, 1.165) is 24.9 Å². The summed E-state index contributed by atoms with van der Waals surface area (Å²) in [5.74, 6) is 0.201. The number of nitrogens with one attached hydrogen (secondary N) is 1. The molecule has 0 spiro atoms. The van der Waals surface area contributed by atoms with Crippen LogP contribution < -0.4 is 5.32 Å². The van der Waals surface area contributed by atoms with E-state index in [4.69, 9.17) is 16.3 Å². The maximum absolute atomic E-state index is 12.7. The van der Waals surface area contributed by atoms with Crippen LogP contribution in [0.5, 0.6) is 0 Å². The Morgan fingerprint density at radius 2 is 2.00 bits per heavy atom. The van der Waals surface area contributed by atoms with Gasteiger partial charge < -0.3 is 14.6 Å². The first kappa shape index (κ1) is 19.0. The van der Waals surface area contributed by atoms with Gasteiger partial charge in [0.1, 0.15) is 0 Å². The van der Waals surface area contributed by atoms with Crippen LogP contribution in [0.15, 0.2) is 48.8 Å². The summed E-state index contributed by atoms with van der Waals surface area (Å²) in [6.45, 7) is 5.62. The molecule has 1 aliphatic heterocycles. The summed E-state index contributed by atoms with van der Waals surface area (Å²) >= 11 is 6.02. The molecule has 2 heterocycles. The number of hydrogen-bond donors (Lipinski definition) is 1. The number of ether oxygens (including phenoxy) is 1. The minimum absolute atomic E-state index is 0.0970. The van der Waals surface area contributed by atoms with Gasteiger partial charge >= 0.3 is 0 Å². The van der Waals surface area contributed by atoms with E-state index in [-0.39, 0.29) is 23.5 Å². The highest BCUT2D eigenvalue weighted by Crippen LogP contribution is 2.26. The van der Waals surface area contributed by atoms with Gasteiger partial charge in [0.05, 0.1) is 5.60 Å².